The minimum absolute atomic E-state index is 0.0634. The fourth-order valence-electron chi connectivity index (χ4n) is 6.40. The summed E-state index contributed by atoms with van der Waals surface area (Å²) < 4.78 is 46.9. The highest BCUT2D eigenvalue weighted by Gasteiger charge is 2.32. The molecule has 48 heavy (non-hydrogen) atoms. The molecule has 3 amide bonds. The summed E-state index contributed by atoms with van der Waals surface area (Å²) in [4.78, 5) is 30.7. The van der Waals surface area contributed by atoms with E-state index in [2.05, 4.69) is 15.2 Å². The summed E-state index contributed by atoms with van der Waals surface area (Å²) in [5, 5.41) is 17.2. The second-order valence-corrected chi connectivity index (χ2v) is 15.1. The highest BCUT2D eigenvalue weighted by atomic mass is 32.2. The van der Waals surface area contributed by atoms with E-state index >= 15 is 0 Å². The van der Waals surface area contributed by atoms with Crippen molar-refractivity contribution in [3.05, 3.63) is 35.2 Å². The number of aryl methyl sites for hydroxylation is 2. The number of nitrogens with one attached hydrogen (secondary N) is 2. The van der Waals surface area contributed by atoms with Crippen molar-refractivity contribution in [1.82, 2.24) is 20.3 Å². The summed E-state index contributed by atoms with van der Waals surface area (Å²) in [7, 11) is -2.32. The van der Waals surface area contributed by atoms with Gasteiger partial charge in [0.1, 0.15) is 11.4 Å². The zero-order chi connectivity index (χ0) is 35.0. The Morgan fingerprint density at radius 3 is 2.50 bits per heavy atom. The molecule has 0 spiro atoms. The highest BCUT2D eigenvalue weighted by Crippen LogP contribution is 2.30. The summed E-state index contributed by atoms with van der Waals surface area (Å²) in [5.74, 6) is -0.180. The number of carbonyl (C=O) groups is 2. The number of fused-ring (bicyclic) bond motifs is 1. The maximum absolute atomic E-state index is 14.4. The summed E-state index contributed by atoms with van der Waals surface area (Å²) in [5.41, 5.74) is 0.542. The predicted molar refractivity (Wildman–Crippen MR) is 182 cm³/mol. The number of hydrogen-bond donors (Lipinski definition) is 3. The van der Waals surface area contributed by atoms with E-state index in [1.165, 1.54) is 19.4 Å². The van der Waals surface area contributed by atoms with E-state index in [9.17, 15) is 23.1 Å². The average molecular weight is 692 g/mol. The Labute approximate surface area is 284 Å². The number of anilines is 1. The third-order valence-electron chi connectivity index (χ3n) is 9.27. The molecule has 0 unspecified atom stereocenters. The Bertz CT molecular complexity index is 1470. The molecule has 0 radical (unpaired) electrons. The lowest BCUT2D eigenvalue weighted by molar-refractivity contribution is -0.0123. The standard InChI is InChI=1S/C34H53N5O8S/c1-22-19-39(23(2)21-40)33(41)29-18-28(37-48(43,44)32-25(4)36-47-26(32)5)15-16-30(29)46-24(3)12-10-11-17-45-31(22)20-38(6)34(42)35-27-13-8-7-9-14-27/h15-16,18,22-24,27,31,37,40H,7-14,17,19-21H2,1-6H3,(H,35,42)/t22-,23-,24-,31+/m1/s1. The minimum atomic E-state index is -4.08. The molecule has 1 aromatic carbocycles. The molecule has 14 heteroatoms. The minimum Gasteiger partial charge on any atom is -0.490 e. The van der Waals surface area contributed by atoms with E-state index in [1.54, 1.807) is 42.8 Å². The van der Waals surface area contributed by atoms with Crippen LogP contribution in [0, 0.1) is 19.8 Å². The average Bonchev–Trinajstić information content (AvgIpc) is 3.40. The number of sulfonamides is 1. The summed E-state index contributed by atoms with van der Waals surface area (Å²) >= 11 is 0. The van der Waals surface area contributed by atoms with Crippen molar-refractivity contribution in [3.8, 4) is 5.75 Å². The first-order valence-electron chi connectivity index (χ1n) is 17.1. The largest absolute Gasteiger partial charge is 0.490 e. The van der Waals surface area contributed by atoms with Crippen LogP contribution in [-0.2, 0) is 14.8 Å². The van der Waals surface area contributed by atoms with Crippen LogP contribution in [0.15, 0.2) is 27.6 Å². The number of benzene rings is 1. The normalized spacial score (nSPS) is 22.6. The van der Waals surface area contributed by atoms with Gasteiger partial charge in [-0.05, 0) is 78.0 Å². The van der Waals surface area contributed by atoms with Gasteiger partial charge in [0.25, 0.3) is 15.9 Å². The Morgan fingerprint density at radius 1 is 1.12 bits per heavy atom. The lowest BCUT2D eigenvalue weighted by Crippen LogP contribution is -2.50. The van der Waals surface area contributed by atoms with Crippen molar-refractivity contribution in [2.75, 3.05) is 38.1 Å². The van der Waals surface area contributed by atoms with Crippen molar-refractivity contribution >= 4 is 27.6 Å². The number of rotatable bonds is 8. The first-order chi connectivity index (χ1) is 22.8. The fraction of sp³-hybridized carbons (Fsp3) is 0.676. The van der Waals surface area contributed by atoms with E-state index in [0.717, 1.165) is 38.5 Å². The zero-order valence-electron chi connectivity index (χ0n) is 29.2. The van der Waals surface area contributed by atoms with Crippen LogP contribution in [0.2, 0.25) is 0 Å². The molecule has 268 valence electrons. The fourth-order valence-corrected chi connectivity index (χ4v) is 7.78. The molecular formula is C34H53N5O8S. The molecule has 3 N–H and O–H groups in total. The second-order valence-electron chi connectivity index (χ2n) is 13.4. The van der Waals surface area contributed by atoms with Crippen LogP contribution in [0.4, 0.5) is 10.5 Å². The van der Waals surface area contributed by atoms with Gasteiger partial charge in [-0.3, -0.25) is 9.52 Å². The van der Waals surface area contributed by atoms with Gasteiger partial charge in [-0.1, -0.05) is 31.3 Å². The molecule has 4 rings (SSSR count). The van der Waals surface area contributed by atoms with Gasteiger partial charge in [-0.2, -0.15) is 0 Å². The van der Waals surface area contributed by atoms with Crippen LogP contribution in [-0.4, -0.2) is 98.1 Å². The Balaban J connectivity index is 1.62. The maximum Gasteiger partial charge on any atom is 0.317 e. The molecule has 0 bridgehead atoms. The SMILES string of the molecule is Cc1noc(C)c1S(=O)(=O)Nc1ccc2c(c1)C(=O)N([C@H](C)CO)C[C@@H](C)[C@H](CN(C)C(=O)NC1CCCCC1)OCCCC[C@@H](C)O2. The Morgan fingerprint density at radius 2 is 1.83 bits per heavy atom. The molecule has 0 saturated heterocycles. The number of ether oxygens (including phenoxy) is 2. The van der Waals surface area contributed by atoms with Gasteiger partial charge >= 0.3 is 6.03 Å². The van der Waals surface area contributed by atoms with Gasteiger partial charge in [0.2, 0.25) is 0 Å². The highest BCUT2D eigenvalue weighted by molar-refractivity contribution is 7.92. The lowest BCUT2D eigenvalue weighted by Gasteiger charge is -2.36. The third-order valence-corrected chi connectivity index (χ3v) is 10.9. The van der Waals surface area contributed by atoms with E-state index in [4.69, 9.17) is 14.0 Å². The molecule has 4 atom stereocenters. The molecule has 1 aliphatic heterocycles. The molecule has 1 fully saturated rings. The zero-order valence-corrected chi connectivity index (χ0v) is 30.0. The Hall–Kier alpha value is -3.36. The number of likely N-dealkylation sites (N-methyl/N-ethyl adjacent to an activating group) is 1. The summed E-state index contributed by atoms with van der Waals surface area (Å²) in [6.07, 6.45) is 7.11. The van der Waals surface area contributed by atoms with Crippen LogP contribution in [0.3, 0.4) is 0 Å². The number of urea groups is 1. The number of carbonyl (C=O) groups excluding carboxylic acids is 2. The van der Waals surface area contributed by atoms with Crippen LogP contribution >= 0.6 is 0 Å². The van der Waals surface area contributed by atoms with Gasteiger partial charge in [0, 0.05) is 44.4 Å². The summed E-state index contributed by atoms with van der Waals surface area (Å²) in [6, 6.07) is 4.08. The smallest absolute Gasteiger partial charge is 0.317 e. The first-order valence-corrected chi connectivity index (χ1v) is 18.6. The van der Waals surface area contributed by atoms with Gasteiger partial charge in [-0.15, -0.1) is 0 Å². The van der Waals surface area contributed by atoms with E-state index in [-0.39, 0.29) is 71.0 Å². The van der Waals surface area contributed by atoms with Crippen molar-refractivity contribution in [3.63, 3.8) is 0 Å². The monoisotopic (exact) mass is 691 g/mol. The molecular weight excluding hydrogens is 638 g/mol. The topological polar surface area (TPSA) is 164 Å². The number of amides is 3. The van der Waals surface area contributed by atoms with Gasteiger partial charge < -0.3 is 34.2 Å². The summed E-state index contributed by atoms with van der Waals surface area (Å²) in [6.45, 7) is 9.46. The van der Waals surface area contributed by atoms with Crippen LogP contribution in [0.25, 0.3) is 0 Å². The number of hydrogen-bond acceptors (Lipinski definition) is 9. The third kappa shape index (κ3) is 9.63. The van der Waals surface area contributed by atoms with Crippen molar-refractivity contribution in [1.29, 1.82) is 0 Å². The lowest BCUT2D eigenvalue weighted by atomic mass is 9.96. The molecule has 2 heterocycles. The van der Waals surface area contributed by atoms with Crippen molar-refractivity contribution < 1.29 is 37.1 Å². The van der Waals surface area contributed by atoms with Gasteiger partial charge in [0.15, 0.2) is 10.7 Å². The van der Waals surface area contributed by atoms with Crippen molar-refractivity contribution in [2.24, 2.45) is 5.92 Å². The maximum atomic E-state index is 14.4. The van der Waals surface area contributed by atoms with E-state index < -0.39 is 22.0 Å². The quantitative estimate of drug-likeness (QED) is 0.351. The molecule has 13 nitrogen and oxygen atoms in total. The number of aliphatic hydroxyl groups excluding tert-OH is 1. The second kappa shape index (κ2) is 16.8. The van der Waals surface area contributed by atoms with Gasteiger partial charge in [-0.25, -0.2) is 13.2 Å². The molecule has 1 aliphatic carbocycles. The number of nitrogens with zero attached hydrogens (tertiary/aromatic N) is 3. The molecule has 2 aliphatic rings. The number of aromatic nitrogens is 1. The molecule has 1 aromatic heterocycles. The molecule has 1 saturated carbocycles. The predicted octanol–water partition coefficient (Wildman–Crippen LogP) is 4.86. The van der Waals surface area contributed by atoms with E-state index in [1.807, 2.05) is 13.8 Å². The van der Waals surface area contributed by atoms with Crippen molar-refractivity contribution in [2.45, 2.75) is 115 Å². The van der Waals surface area contributed by atoms with Crippen LogP contribution in [0.5, 0.6) is 5.75 Å². The van der Waals surface area contributed by atoms with Gasteiger partial charge in [0.05, 0.1) is 30.4 Å². The Kier molecular flexibility index (Phi) is 13.1. The first kappa shape index (κ1) is 37.5. The number of aliphatic hydroxyl groups is 1. The van der Waals surface area contributed by atoms with Crippen LogP contribution < -0.4 is 14.8 Å². The van der Waals surface area contributed by atoms with Crippen LogP contribution in [0.1, 0.15) is 93.9 Å². The molecule has 2 aromatic rings. The van der Waals surface area contributed by atoms with E-state index in [0.29, 0.717) is 25.3 Å².